The second-order valence-corrected chi connectivity index (χ2v) is 11.6. The molecule has 0 radical (unpaired) electrons. The molecule has 1 saturated heterocycles. The van der Waals surface area contributed by atoms with Crippen LogP contribution in [0.3, 0.4) is 0 Å². The van der Waals surface area contributed by atoms with E-state index in [2.05, 4.69) is 47.1 Å². The van der Waals surface area contributed by atoms with Crippen molar-refractivity contribution in [1.29, 1.82) is 0 Å². The lowest BCUT2D eigenvalue weighted by Gasteiger charge is -2.30. The SMILES string of the molecule is Cc1c(NC(=O)c2ccc(C(C)(C)C)cc2)cc(F)cc1-c1ncnc2[nH]c(C3=CCC4(CC3)OCCO4)cc12. The average Bonchev–Trinajstić information content (AvgIpc) is 3.58. The van der Waals surface area contributed by atoms with Gasteiger partial charge in [-0.25, -0.2) is 14.4 Å². The maximum Gasteiger partial charge on any atom is 0.255 e. The topological polar surface area (TPSA) is 89.1 Å². The van der Waals surface area contributed by atoms with E-state index < -0.39 is 11.6 Å². The zero-order valence-corrected chi connectivity index (χ0v) is 23.2. The fourth-order valence-corrected chi connectivity index (χ4v) is 5.51. The summed E-state index contributed by atoms with van der Waals surface area (Å²) in [6, 6.07) is 12.3. The molecule has 0 saturated carbocycles. The van der Waals surface area contributed by atoms with E-state index in [1.807, 2.05) is 25.1 Å². The standard InChI is InChI=1S/C32H33FN4O3/c1-19-24(15-23(33)16-26(19)37-30(38)21-5-7-22(8-6-21)31(2,3)4)28-25-17-27(36-29(25)35-18-34-28)20-9-11-32(12-10-20)39-13-14-40-32/h5-9,15-18H,10-14H2,1-4H3,(H,37,38)(H,34,35,36). The molecule has 0 atom stereocenters. The summed E-state index contributed by atoms with van der Waals surface area (Å²) in [4.78, 5) is 25.5. The minimum atomic E-state index is -0.491. The average molecular weight is 541 g/mol. The number of hydrogen-bond acceptors (Lipinski definition) is 5. The van der Waals surface area contributed by atoms with E-state index in [1.54, 1.807) is 12.1 Å². The van der Waals surface area contributed by atoms with Crippen LogP contribution in [-0.4, -0.2) is 39.9 Å². The summed E-state index contributed by atoms with van der Waals surface area (Å²) in [5.41, 5.74) is 6.73. The summed E-state index contributed by atoms with van der Waals surface area (Å²) in [6.45, 7) is 9.50. The van der Waals surface area contributed by atoms with Gasteiger partial charge in [-0.15, -0.1) is 0 Å². The molecule has 206 valence electrons. The van der Waals surface area contributed by atoms with Crippen molar-refractivity contribution in [3.05, 3.63) is 83.1 Å². The quantitative estimate of drug-likeness (QED) is 0.293. The smallest absolute Gasteiger partial charge is 0.255 e. The first-order chi connectivity index (χ1) is 19.1. The molecule has 2 aromatic heterocycles. The number of aromatic nitrogens is 3. The van der Waals surface area contributed by atoms with Crippen LogP contribution in [0.1, 0.15) is 67.2 Å². The van der Waals surface area contributed by atoms with Crippen molar-refractivity contribution in [1.82, 2.24) is 15.0 Å². The number of benzene rings is 2. The number of fused-ring (bicyclic) bond motifs is 1. The van der Waals surface area contributed by atoms with Crippen molar-refractivity contribution in [3.63, 3.8) is 0 Å². The molecule has 2 aliphatic rings. The molecule has 1 amide bonds. The van der Waals surface area contributed by atoms with Crippen LogP contribution < -0.4 is 5.32 Å². The normalized spacial score (nSPS) is 16.9. The first-order valence-corrected chi connectivity index (χ1v) is 13.7. The molecule has 8 heteroatoms. The molecule has 6 rings (SSSR count). The molecular weight excluding hydrogens is 507 g/mol. The first-order valence-electron chi connectivity index (χ1n) is 13.7. The largest absolute Gasteiger partial charge is 0.347 e. The van der Waals surface area contributed by atoms with Crippen LogP contribution in [0.2, 0.25) is 0 Å². The van der Waals surface area contributed by atoms with E-state index >= 15 is 0 Å². The van der Waals surface area contributed by atoms with Gasteiger partial charge in [-0.3, -0.25) is 4.79 Å². The third-order valence-electron chi connectivity index (χ3n) is 7.91. The van der Waals surface area contributed by atoms with Gasteiger partial charge in [0.15, 0.2) is 5.79 Å². The number of carbonyl (C=O) groups excluding carboxylic acids is 1. The Bertz CT molecular complexity index is 1630. The van der Waals surface area contributed by atoms with Gasteiger partial charge in [0.1, 0.15) is 17.8 Å². The number of rotatable bonds is 4. The van der Waals surface area contributed by atoms with Crippen LogP contribution >= 0.6 is 0 Å². The zero-order valence-electron chi connectivity index (χ0n) is 23.2. The van der Waals surface area contributed by atoms with Gasteiger partial charge in [0, 0.05) is 40.7 Å². The summed E-state index contributed by atoms with van der Waals surface area (Å²) < 4.78 is 26.6. The number of allylic oxidation sites excluding steroid dienone is 1. The number of ether oxygens (including phenoxy) is 2. The number of carbonyl (C=O) groups is 1. The minimum absolute atomic E-state index is 0.0154. The molecule has 2 aromatic carbocycles. The van der Waals surface area contributed by atoms with Gasteiger partial charge < -0.3 is 19.8 Å². The van der Waals surface area contributed by atoms with Gasteiger partial charge in [0.2, 0.25) is 0 Å². The van der Waals surface area contributed by atoms with E-state index in [1.165, 1.54) is 18.5 Å². The Morgan fingerprint density at radius 3 is 2.50 bits per heavy atom. The minimum Gasteiger partial charge on any atom is -0.347 e. The highest BCUT2D eigenvalue weighted by Crippen LogP contribution is 2.40. The monoisotopic (exact) mass is 540 g/mol. The third-order valence-corrected chi connectivity index (χ3v) is 7.91. The van der Waals surface area contributed by atoms with E-state index in [9.17, 15) is 9.18 Å². The number of anilines is 1. The van der Waals surface area contributed by atoms with Gasteiger partial charge in [-0.2, -0.15) is 0 Å². The van der Waals surface area contributed by atoms with E-state index in [-0.39, 0.29) is 11.3 Å². The van der Waals surface area contributed by atoms with E-state index in [4.69, 9.17) is 9.47 Å². The molecule has 7 nitrogen and oxygen atoms in total. The number of aromatic amines is 1. The number of hydrogen-bond donors (Lipinski definition) is 2. The summed E-state index contributed by atoms with van der Waals surface area (Å²) >= 11 is 0. The summed E-state index contributed by atoms with van der Waals surface area (Å²) in [5, 5.41) is 3.69. The highest BCUT2D eigenvalue weighted by atomic mass is 19.1. The van der Waals surface area contributed by atoms with Gasteiger partial charge in [-0.05, 0) is 65.8 Å². The third kappa shape index (κ3) is 4.93. The number of halogens is 1. The molecular formula is C32H33FN4O3. The maximum atomic E-state index is 14.9. The number of amides is 1. The highest BCUT2D eigenvalue weighted by Gasteiger charge is 2.38. The van der Waals surface area contributed by atoms with Crippen molar-refractivity contribution in [3.8, 4) is 11.3 Å². The Hall–Kier alpha value is -3.88. The second kappa shape index (κ2) is 9.94. The van der Waals surface area contributed by atoms with E-state index in [0.29, 0.717) is 47.8 Å². The van der Waals surface area contributed by atoms with Crippen LogP contribution in [-0.2, 0) is 14.9 Å². The Morgan fingerprint density at radius 1 is 1.07 bits per heavy atom. The lowest BCUT2D eigenvalue weighted by atomic mass is 9.86. The van der Waals surface area contributed by atoms with Crippen molar-refractivity contribution in [2.75, 3.05) is 18.5 Å². The van der Waals surface area contributed by atoms with Crippen molar-refractivity contribution < 1.29 is 18.7 Å². The van der Waals surface area contributed by atoms with Crippen molar-refractivity contribution in [2.24, 2.45) is 0 Å². The number of nitrogens with zero attached hydrogens (tertiary/aromatic N) is 2. The second-order valence-electron chi connectivity index (χ2n) is 11.6. The summed E-state index contributed by atoms with van der Waals surface area (Å²) in [7, 11) is 0. The zero-order chi connectivity index (χ0) is 28.1. The molecule has 1 fully saturated rings. The molecule has 3 heterocycles. The molecule has 40 heavy (non-hydrogen) atoms. The van der Waals surface area contributed by atoms with Crippen LogP contribution in [0, 0.1) is 12.7 Å². The van der Waals surface area contributed by atoms with Crippen LogP contribution in [0.5, 0.6) is 0 Å². The van der Waals surface area contributed by atoms with Gasteiger partial charge in [0.05, 0.1) is 18.9 Å². The van der Waals surface area contributed by atoms with Crippen molar-refractivity contribution >= 4 is 28.2 Å². The van der Waals surface area contributed by atoms with Gasteiger partial charge in [-0.1, -0.05) is 39.0 Å². The fourth-order valence-electron chi connectivity index (χ4n) is 5.51. The van der Waals surface area contributed by atoms with Gasteiger partial charge in [0.25, 0.3) is 5.91 Å². The first kappa shape index (κ1) is 26.3. The highest BCUT2D eigenvalue weighted by molar-refractivity contribution is 6.05. The van der Waals surface area contributed by atoms with Crippen LogP contribution in [0.15, 0.2) is 54.9 Å². The predicted octanol–water partition coefficient (Wildman–Crippen LogP) is 6.93. The maximum absolute atomic E-state index is 14.9. The van der Waals surface area contributed by atoms with E-state index in [0.717, 1.165) is 40.6 Å². The molecule has 4 aromatic rings. The fraction of sp³-hybridized carbons (Fsp3) is 0.344. The summed E-state index contributed by atoms with van der Waals surface area (Å²) in [5.74, 6) is -1.25. The molecule has 0 bridgehead atoms. The molecule has 1 aliphatic heterocycles. The number of nitrogens with one attached hydrogen (secondary N) is 2. The van der Waals surface area contributed by atoms with Crippen LogP contribution in [0.25, 0.3) is 27.9 Å². The van der Waals surface area contributed by atoms with Gasteiger partial charge >= 0.3 is 0 Å². The molecule has 1 spiro atoms. The molecule has 2 N–H and O–H groups in total. The molecule has 1 aliphatic carbocycles. The lowest BCUT2D eigenvalue weighted by molar-refractivity contribution is -0.159. The lowest BCUT2D eigenvalue weighted by Crippen LogP contribution is -2.31. The Balaban J connectivity index is 1.30. The number of H-pyrrole nitrogens is 1. The Labute approximate surface area is 232 Å². The predicted molar refractivity (Wildman–Crippen MR) is 154 cm³/mol. The van der Waals surface area contributed by atoms with Crippen molar-refractivity contribution in [2.45, 2.75) is 58.2 Å². The summed E-state index contributed by atoms with van der Waals surface area (Å²) in [6.07, 6.45) is 5.92. The van der Waals surface area contributed by atoms with Crippen LogP contribution in [0.4, 0.5) is 10.1 Å². The Kier molecular flexibility index (Phi) is 6.55. The Morgan fingerprint density at radius 2 is 1.82 bits per heavy atom. The molecule has 0 unspecified atom stereocenters.